The Kier molecular flexibility index (Phi) is 22.1. The van der Waals surface area contributed by atoms with Crippen molar-refractivity contribution in [3.05, 3.63) is 107 Å². The summed E-state index contributed by atoms with van der Waals surface area (Å²) in [5.74, 6) is -2.44. The van der Waals surface area contributed by atoms with Crippen LogP contribution in [0.3, 0.4) is 0 Å². The molecule has 0 aromatic heterocycles. The van der Waals surface area contributed by atoms with Crippen molar-refractivity contribution >= 4 is 28.4 Å². The monoisotopic (exact) mass is 756 g/mol. The zero-order chi connectivity index (χ0) is 40.0. The largest absolute Gasteiger partial charge is 0.454 e. The lowest BCUT2D eigenvalue weighted by Crippen LogP contribution is -2.48. The topological polar surface area (TPSA) is 157 Å². The molecule has 6 atom stereocenters. The molecule has 53 heavy (non-hydrogen) atoms. The van der Waals surface area contributed by atoms with E-state index in [9.17, 15) is 22.8 Å². The van der Waals surface area contributed by atoms with E-state index in [1.807, 2.05) is 70.2 Å². The van der Waals surface area contributed by atoms with Crippen molar-refractivity contribution in [2.45, 2.75) is 92.1 Å². The van der Waals surface area contributed by atoms with Crippen LogP contribution in [-0.4, -0.2) is 82.1 Å². The summed E-state index contributed by atoms with van der Waals surface area (Å²) >= 11 is 0. The van der Waals surface area contributed by atoms with Crippen molar-refractivity contribution in [1.82, 2.24) is 10.6 Å². The fourth-order valence-electron chi connectivity index (χ4n) is 5.25. The smallest absolute Gasteiger partial charge is 0.334 e. The highest BCUT2D eigenvalue weighted by molar-refractivity contribution is 7.85. The Morgan fingerprint density at radius 2 is 1.68 bits per heavy atom. The Morgan fingerprint density at radius 3 is 2.32 bits per heavy atom. The number of ether oxygens (including phenoxy) is 3. The number of hydrogen-bond donors (Lipinski definition) is 3. The first kappa shape index (κ1) is 46.9. The number of esters is 1. The molecule has 0 fully saturated rings. The number of hydrogen-bond acceptors (Lipinski definition) is 8. The molecule has 3 N–H and O–H groups in total. The van der Waals surface area contributed by atoms with Crippen molar-refractivity contribution < 1.29 is 41.6 Å². The van der Waals surface area contributed by atoms with Gasteiger partial charge in [-0.05, 0) is 65.4 Å². The van der Waals surface area contributed by atoms with E-state index in [0.29, 0.717) is 11.1 Å². The summed E-state index contributed by atoms with van der Waals surface area (Å²) in [6, 6.07) is -1.45. The molecule has 1 aliphatic heterocycles. The molecule has 12 heteroatoms. The number of carbonyl (C=O) groups is 3. The normalized spacial score (nSPS) is 29.6. The van der Waals surface area contributed by atoms with Gasteiger partial charge in [-0.3, -0.25) is 14.1 Å². The average molecular weight is 757 g/mol. The second-order valence-corrected chi connectivity index (χ2v) is 14.9. The van der Waals surface area contributed by atoms with Gasteiger partial charge in [0.15, 0.2) is 0 Å². The zero-order valence-corrected chi connectivity index (χ0v) is 33.5. The minimum atomic E-state index is -4.50. The van der Waals surface area contributed by atoms with Crippen molar-refractivity contribution in [2.24, 2.45) is 11.8 Å². The summed E-state index contributed by atoms with van der Waals surface area (Å²) < 4.78 is 49.1. The lowest BCUT2D eigenvalue weighted by atomic mass is 9.96. The molecule has 1 heterocycles. The van der Waals surface area contributed by atoms with Gasteiger partial charge in [0.25, 0.3) is 10.1 Å². The first-order valence-electron chi connectivity index (χ1n) is 17.8. The van der Waals surface area contributed by atoms with E-state index in [-0.39, 0.29) is 37.0 Å². The van der Waals surface area contributed by atoms with Crippen LogP contribution in [0.1, 0.15) is 67.7 Å². The SMILES string of the molecule is COC1/C=C(C)/C=C/C(C)/C=C(\C)C(=O)OC(/C(C)=C/C=C(\C)CNC(=O)[C@H](CS(=O)(=O)O)NC=O)C(C)/C=C/C=C/C(OC)CC/C=C(C)/C=C/C1. The molecule has 0 saturated carbocycles. The number of amides is 2. The highest BCUT2D eigenvalue weighted by atomic mass is 32.2. The Labute approximate surface area is 317 Å². The van der Waals surface area contributed by atoms with Gasteiger partial charge in [-0.1, -0.05) is 110 Å². The van der Waals surface area contributed by atoms with E-state index in [4.69, 9.17) is 18.8 Å². The van der Waals surface area contributed by atoms with E-state index in [0.717, 1.165) is 30.4 Å². The van der Waals surface area contributed by atoms with E-state index in [1.54, 1.807) is 40.2 Å². The Morgan fingerprint density at radius 1 is 1.00 bits per heavy atom. The van der Waals surface area contributed by atoms with Crippen molar-refractivity contribution in [2.75, 3.05) is 26.5 Å². The van der Waals surface area contributed by atoms with Gasteiger partial charge in [0, 0.05) is 32.3 Å². The van der Waals surface area contributed by atoms with Crippen LogP contribution in [0.15, 0.2) is 107 Å². The Bertz CT molecular complexity index is 1600. The van der Waals surface area contributed by atoms with E-state index in [1.165, 1.54) is 5.57 Å². The molecule has 0 spiro atoms. The van der Waals surface area contributed by atoms with Gasteiger partial charge in [0.1, 0.15) is 17.9 Å². The second-order valence-electron chi connectivity index (χ2n) is 13.4. The molecule has 0 saturated heterocycles. The van der Waals surface area contributed by atoms with E-state index < -0.39 is 39.9 Å². The summed E-state index contributed by atoms with van der Waals surface area (Å²) in [7, 11) is -1.12. The maximum Gasteiger partial charge on any atom is 0.334 e. The Balaban J connectivity index is 3.40. The molecule has 5 unspecified atom stereocenters. The quantitative estimate of drug-likeness (QED) is 0.0932. The molecule has 0 aliphatic carbocycles. The third-order valence-corrected chi connectivity index (χ3v) is 9.12. The van der Waals surface area contributed by atoms with Crippen molar-refractivity contribution in [3.63, 3.8) is 0 Å². The molecule has 11 nitrogen and oxygen atoms in total. The Hall–Kier alpha value is -4.10. The average Bonchev–Trinajstić information content (AvgIpc) is 3.09. The fourth-order valence-corrected chi connectivity index (χ4v) is 5.92. The molecule has 0 radical (unpaired) electrons. The zero-order valence-electron chi connectivity index (χ0n) is 32.7. The summed E-state index contributed by atoms with van der Waals surface area (Å²) in [6.07, 6.45) is 27.6. The van der Waals surface area contributed by atoms with Crippen molar-refractivity contribution in [1.29, 1.82) is 0 Å². The molecule has 2 amide bonds. The first-order valence-corrected chi connectivity index (χ1v) is 19.4. The van der Waals surface area contributed by atoms with E-state index >= 15 is 0 Å². The predicted octanol–water partition coefficient (Wildman–Crippen LogP) is 6.46. The summed E-state index contributed by atoms with van der Waals surface area (Å²) in [5.41, 5.74) is 4.13. The molecular formula is C41H60N2O9S. The number of nitrogens with one attached hydrogen (secondary N) is 2. The van der Waals surface area contributed by atoms with Gasteiger partial charge >= 0.3 is 5.97 Å². The third kappa shape index (κ3) is 20.7. The summed E-state index contributed by atoms with van der Waals surface area (Å²) in [6.45, 7) is 13.4. The van der Waals surface area contributed by atoms with Crippen LogP contribution in [0.4, 0.5) is 0 Å². The number of rotatable bonds is 11. The van der Waals surface area contributed by atoms with Crippen LogP contribution < -0.4 is 10.6 Å². The molecular weight excluding hydrogens is 697 g/mol. The molecule has 294 valence electrons. The lowest BCUT2D eigenvalue weighted by Gasteiger charge is -2.23. The van der Waals surface area contributed by atoms with Gasteiger partial charge < -0.3 is 24.8 Å². The van der Waals surface area contributed by atoms with Crippen LogP contribution in [-0.2, 0) is 38.7 Å². The minimum absolute atomic E-state index is 0.0383. The van der Waals surface area contributed by atoms with Gasteiger partial charge in [-0.15, -0.1) is 0 Å². The summed E-state index contributed by atoms with van der Waals surface area (Å²) in [4.78, 5) is 36.7. The molecule has 0 bridgehead atoms. The first-order chi connectivity index (χ1) is 25.0. The third-order valence-electron chi connectivity index (χ3n) is 8.37. The number of cyclic esters (lactones) is 1. The van der Waals surface area contributed by atoms with Gasteiger partial charge in [-0.25, -0.2) is 4.79 Å². The lowest BCUT2D eigenvalue weighted by molar-refractivity contribution is -0.144. The fraction of sp³-hybridized carbons (Fsp3) is 0.488. The van der Waals surface area contributed by atoms with Gasteiger partial charge in [-0.2, -0.15) is 8.42 Å². The maximum atomic E-state index is 13.4. The molecule has 0 aromatic rings. The van der Waals surface area contributed by atoms with E-state index in [2.05, 4.69) is 41.9 Å². The molecule has 1 rings (SSSR count). The summed E-state index contributed by atoms with van der Waals surface area (Å²) in [5, 5.41) is 4.65. The highest BCUT2D eigenvalue weighted by Crippen LogP contribution is 2.21. The maximum absolute atomic E-state index is 13.4. The van der Waals surface area contributed by atoms with Crippen LogP contribution in [0.5, 0.6) is 0 Å². The predicted molar refractivity (Wildman–Crippen MR) is 211 cm³/mol. The number of allylic oxidation sites excluding steroid dienone is 11. The standard InChI is InChI=1S/C41H60N2O9S/c1-29-14-12-18-36(50-8)17-11-10-16-33(5)39(34(6)23-22-32(4)26-42-40(45)38(43-28-44)27-53(47,48)49)52-41(46)35(7)24-30(2)20-21-31(3)25-37(51-9)19-13-15-29/h10-11,13-17,20-25,28,30,33,36-39H,12,18-19,26-27H2,1-9H3,(H,42,45)(H,43,44)(H,47,48,49)/b15-13+,16-10+,17-11+,21-20+,29-14+,31-25+,32-22+,34-23+,35-24+/t30?,33?,36?,37?,38-,39?/m0/s1. The number of carbonyl (C=O) groups excluding carboxylic acids is 3. The number of methoxy groups -OCH3 is 2. The van der Waals surface area contributed by atoms with Crippen molar-refractivity contribution in [3.8, 4) is 0 Å². The van der Waals surface area contributed by atoms with Crippen LogP contribution in [0, 0.1) is 11.8 Å². The highest BCUT2D eigenvalue weighted by Gasteiger charge is 2.24. The van der Waals surface area contributed by atoms with Gasteiger partial charge in [0.2, 0.25) is 12.3 Å². The van der Waals surface area contributed by atoms with Crippen LogP contribution >= 0.6 is 0 Å². The minimum Gasteiger partial charge on any atom is -0.454 e. The second kappa shape index (κ2) is 25.0. The molecule has 1 aliphatic rings. The van der Waals surface area contributed by atoms with Gasteiger partial charge in [0.05, 0.1) is 12.2 Å². The van der Waals surface area contributed by atoms with Crippen LogP contribution in [0.25, 0.3) is 0 Å². The molecule has 0 aromatic carbocycles. The van der Waals surface area contributed by atoms with Crippen LogP contribution in [0.2, 0.25) is 0 Å².